The average Bonchev–Trinajstić information content (AvgIpc) is 2.89. The quantitative estimate of drug-likeness (QED) is 0.600. The normalized spacial score (nSPS) is 29.4. The number of ether oxygens (including phenoxy) is 1. The van der Waals surface area contributed by atoms with Gasteiger partial charge in [-0.25, -0.2) is 4.79 Å². The van der Waals surface area contributed by atoms with Crippen LogP contribution in [0.15, 0.2) is 16.9 Å². The first kappa shape index (κ1) is 14.3. The van der Waals surface area contributed by atoms with E-state index in [-0.39, 0.29) is 0 Å². The minimum Gasteiger partial charge on any atom is -0.394 e. The molecular weight excluding hydrogens is 276 g/mol. The van der Waals surface area contributed by atoms with Crippen molar-refractivity contribution in [1.82, 2.24) is 9.55 Å². The first-order valence-electron chi connectivity index (χ1n) is 6.78. The van der Waals surface area contributed by atoms with Gasteiger partial charge in [-0.2, -0.15) is 0 Å². The van der Waals surface area contributed by atoms with Crippen LogP contribution in [-0.4, -0.2) is 49.8 Å². The van der Waals surface area contributed by atoms with Crippen LogP contribution in [0.1, 0.15) is 17.4 Å². The number of rotatable bonds is 2. The Morgan fingerprint density at radius 3 is 2.52 bits per heavy atom. The van der Waals surface area contributed by atoms with Crippen molar-refractivity contribution in [3.05, 3.63) is 33.7 Å². The number of aromatic nitrogens is 2. The molecule has 4 atom stereocenters. The van der Waals surface area contributed by atoms with Crippen LogP contribution in [0.2, 0.25) is 0 Å². The highest BCUT2D eigenvalue weighted by Gasteiger charge is 2.44. The summed E-state index contributed by atoms with van der Waals surface area (Å²) < 4.78 is 6.71. The smallest absolute Gasteiger partial charge is 0.328 e. The number of hydrogen-bond donors (Lipinski definition) is 4. The number of aliphatic hydroxyl groups excluding tert-OH is 3. The van der Waals surface area contributed by atoms with Crippen molar-refractivity contribution >= 4 is 11.0 Å². The second-order valence-electron chi connectivity index (χ2n) is 5.48. The van der Waals surface area contributed by atoms with E-state index in [9.17, 15) is 15.0 Å². The number of fused-ring (bicyclic) bond motifs is 1. The molecule has 3 rings (SSSR count). The zero-order chi connectivity index (χ0) is 15.3. The van der Waals surface area contributed by atoms with E-state index in [1.165, 1.54) is 4.57 Å². The lowest BCUT2D eigenvalue weighted by Crippen LogP contribution is -2.34. The predicted molar refractivity (Wildman–Crippen MR) is 75.0 cm³/mol. The van der Waals surface area contributed by atoms with Crippen LogP contribution in [0.4, 0.5) is 0 Å². The van der Waals surface area contributed by atoms with Crippen LogP contribution in [0.25, 0.3) is 11.0 Å². The summed E-state index contributed by atoms with van der Waals surface area (Å²) >= 11 is 0. The number of imidazole rings is 1. The highest BCUT2D eigenvalue weighted by molar-refractivity contribution is 5.77. The van der Waals surface area contributed by atoms with Crippen LogP contribution in [0.3, 0.4) is 0 Å². The van der Waals surface area contributed by atoms with Crippen LogP contribution in [0, 0.1) is 13.8 Å². The van der Waals surface area contributed by atoms with Gasteiger partial charge in [0, 0.05) is 0 Å². The predicted octanol–water partition coefficient (Wildman–Crippen LogP) is -0.442. The Balaban J connectivity index is 2.15. The van der Waals surface area contributed by atoms with Gasteiger partial charge in [0.25, 0.3) is 0 Å². The van der Waals surface area contributed by atoms with E-state index < -0.39 is 36.8 Å². The van der Waals surface area contributed by atoms with Gasteiger partial charge in [-0.3, -0.25) is 4.57 Å². The first-order chi connectivity index (χ1) is 9.93. The standard InChI is InChI=1S/C14H18N2O5/c1-6-3-8-9(4-7(6)2)16(14(20)15-8)13-12(19)11(18)10(5-17)21-13/h3-4,10-13,17-19H,5H2,1-2H3,(H,15,20)/t10-,11-,12-,13-/m1/s1. The molecular formula is C14H18N2O5. The van der Waals surface area contributed by atoms with Gasteiger partial charge in [0.2, 0.25) is 0 Å². The SMILES string of the molecule is Cc1cc2[nH]c(=O)n([C@@H]3O[C@H](CO)[C@@H](O)[C@H]3O)c2cc1C. The second-order valence-corrected chi connectivity index (χ2v) is 5.48. The van der Waals surface area contributed by atoms with Crippen molar-refractivity contribution in [3.8, 4) is 0 Å². The minimum absolute atomic E-state index is 0.426. The topological polar surface area (TPSA) is 108 Å². The molecule has 1 aromatic heterocycles. The van der Waals surface area contributed by atoms with Gasteiger partial charge in [-0.05, 0) is 37.1 Å². The van der Waals surface area contributed by atoms with Crippen molar-refractivity contribution in [3.63, 3.8) is 0 Å². The molecule has 2 aromatic rings. The molecule has 4 N–H and O–H groups in total. The number of aromatic amines is 1. The first-order valence-corrected chi connectivity index (χ1v) is 6.78. The third-order valence-corrected chi connectivity index (χ3v) is 4.10. The number of aryl methyl sites for hydroxylation is 2. The number of benzene rings is 1. The lowest BCUT2D eigenvalue weighted by molar-refractivity contribution is -0.0522. The summed E-state index contributed by atoms with van der Waals surface area (Å²) in [7, 11) is 0. The fourth-order valence-corrected chi connectivity index (χ4v) is 2.73. The number of nitrogens with one attached hydrogen (secondary N) is 1. The minimum atomic E-state index is -1.28. The molecule has 1 aliphatic rings. The van der Waals surface area contributed by atoms with E-state index >= 15 is 0 Å². The molecule has 0 spiro atoms. The van der Waals surface area contributed by atoms with Crippen LogP contribution in [0.5, 0.6) is 0 Å². The molecule has 0 saturated carbocycles. The Hall–Kier alpha value is -1.67. The summed E-state index contributed by atoms with van der Waals surface area (Å²) in [6.07, 6.45) is -4.45. The molecule has 1 saturated heterocycles. The molecule has 1 aliphatic heterocycles. The van der Waals surface area contributed by atoms with Gasteiger partial charge in [0.1, 0.15) is 18.3 Å². The third-order valence-electron chi connectivity index (χ3n) is 4.10. The summed E-state index contributed by atoms with van der Waals surface area (Å²) in [6, 6.07) is 3.68. The van der Waals surface area contributed by atoms with Crippen LogP contribution < -0.4 is 5.69 Å². The zero-order valence-corrected chi connectivity index (χ0v) is 11.8. The van der Waals surface area contributed by atoms with Gasteiger partial charge in [-0.1, -0.05) is 0 Å². The highest BCUT2D eigenvalue weighted by atomic mass is 16.6. The maximum Gasteiger partial charge on any atom is 0.328 e. The molecule has 7 nitrogen and oxygen atoms in total. The van der Waals surface area contributed by atoms with Crippen molar-refractivity contribution in [2.45, 2.75) is 38.4 Å². The van der Waals surface area contributed by atoms with Gasteiger partial charge in [-0.15, -0.1) is 0 Å². The molecule has 21 heavy (non-hydrogen) atoms. The van der Waals surface area contributed by atoms with Crippen molar-refractivity contribution in [1.29, 1.82) is 0 Å². The van der Waals surface area contributed by atoms with Gasteiger partial charge in [0.15, 0.2) is 6.23 Å². The maximum atomic E-state index is 12.2. The van der Waals surface area contributed by atoms with E-state index in [0.717, 1.165) is 11.1 Å². The number of aliphatic hydroxyl groups is 3. The molecule has 0 aliphatic carbocycles. The Morgan fingerprint density at radius 1 is 1.24 bits per heavy atom. The second kappa shape index (κ2) is 4.96. The number of hydrogen-bond acceptors (Lipinski definition) is 5. The zero-order valence-electron chi connectivity index (χ0n) is 11.8. The van der Waals surface area contributed by atoms with E-state index in [2.05, 4.69) is 4.98 Å². The summed E-state index contributed by atoms with van der Waals surface area (Å²) in [6.45, 7) is 3.44. The fraction of sp³-hybridized carbons (Fsp3) is 0.500. The van der Waals surface area contributed by atoms with Crippen LogP contribution >= 0.6 is 0 Å². The largest absolute Gasteiger partial charge is 0.394 e. The van der Waals surface area contributed by atoms with Gasteiger partial charge >= 0.3 is 5.69 Å². The molecule has 2 heterocycles. The van der Waals surface area contributed by atoms with E-state index in [1.54, 1.807) is 0 Å². The lowest BCUT2D eigenvalue weighted by atomic mass is 10.1. The van der Waals surface area contributed by atoms with Gasteiger partial charge in [0.05, 0.1) is 17.6 Å². The van der Waals surface area contributed by atoms with Crippen molar-refractivity contribution in [2.24, 2.45) is 0 Å². The van der Waals surface area contributed by atoms with Crippen molar-refractivity contribution < 1.29 is 20.1 Å². The Morgan fingerprint density at radius 2 is 1.90 bits per heavy atom. The Labute approximate surface area is 120 Å². The number of nitrogens with zero attached hydrogens (tertiary/aromatic N) is 1. The molecule has 0 bridgehead atoms. The van der Waals surface area contributed by atoms with E-state index in [1.807, 2.05) is 26.0 Å². The summed E-state index contributed by atoms with van der Waals surface area (Å²) in [5, 5.41) is 29.0. The Kier molecular flexibility index (Phi) is 3.37. The summed E-state index contributed by atoms with van der Waals surface area (Å²) in [5.41, 5.74) is 2.85. The maximum absolute atomic E-state index is 12.2. The van der Waals surface area contributed by atoms with Gasteiger partial charge < -0.3 is 25.0 Å². The Bertz CT molecular complexity index is 735. The van der Waals surface area contributed by atoms with E-state index in [4.69, 9.17) is 9.84 Å². The summed E-state index contributed by atoms with van der Waals surface area (Å²) in [5.74, 6) is 0. The molecule has 1 fully saturated rings. The van der Waals surface area contributed by atoms with E-state index in [0.29, 0.717) is 11.0 Å². The third kappa shape index (κ3) is 2.09. The van der Waals surface area contributed by atoms with Crippen molar-refractivity contribution in [2.75, 3.05) is 6.61 Å². The van der Waals surface area contributed by atoms with Crippen LogP contribution in [-0.2, 0) is 4.74 Å². The highest BCUT2D eigenvalue weighted by Crippen LogP contribution is 2.31. The molecule has 1 aromatic carbocycles. The average molecular weight is 294 g/mol. The summed E-state index contributed by atoms with van der Waals surface area (Å²) in [4.78, 5) is 14.9. The molecule has 0 unspecified atom stereocenters. The lowest BCUT2D eigenvalue weighted by Gasteiger charge is -2.16. The molecule has 7 heteroatoms. The fourth-order valence-electron chi connectivity index (χ4n) is 2.73. The monoisotopic (exact) mass is 294 g/mol. The molecule has 0 amide bonds. The molecule has 114 valence electrons. The number of H-pyrrole nitrogens is 1. The molecule has 0 radical (unpaired) electrons.